The maximum Gasteiger partial charge on any atom is 0.272 e. The number of nitro groups is 1. The summed E-state index contributed by atoms with van der Waals surface area (Å²) in [5, 5.41) is 10.8. The molecular weight excluding hydrogens is 350 g/mol. The second-order valence-corrected chi connectivity index (χ2v) is 5.65. The molecule has 2 aromatic carbocycles. The number of rotatable bonds is 4. The maximum absolute atomic E-state index is 12.3. The highest BCUT2D eigenvalue weighted by Crippen LogP contribution is 2.12. The molecule has 27 heavy (non-hydrogen) atoms. The third kappa shape index (κ3) is 4.18. The van der Waals surface area contributed by atoms with Gasteiger partial charge in [0.1, 0.15) is 16.4 Å². The van der Waals surface area contributed by atoms with Crippen molar-refractivity contribution in [2.75, 3.05) is 7.11 Å². The van der Waals surface area contributed by atoms with Gasteiger partial charge in [-0.15, -0.1) is 0 Å². The highest BCUT2D eigenvalue weighted by Gasteiger charge is 2.03. The van der Waals surface area contributed by atoms with Gasteiger partial charge >= 0.3 is 0 Å². The maximum atomic E-state index is 12.3. The van der Waals surface area contributed by atoms with Gasteiger partial charge < -0.3 is 14.7 Å². The molecule has 1 heterocycles. The Hall–Kier alpha value is -3.94. The van der Waals surface area contributed by atoms with Crippen molar-refractivity contribution in [2.45, 2.75) is 0 Å². The van der Waals surface area contributed by atoms with Crippen LogP contribution in [0.25, 0.3) is 12.2 Å². The van der Waals surface area contributed by atoms with E-state index in [9.17, 15) is 19.7 Å². The summed E-state index contributed by atoms with van der Waals surface area (Å²) >= 11 is 0. The zero-order valence-electron chi connectivity index (χ0n) is 14.3. The van der Waals surface area contributed by atoms with Crippen LogP contribution in [0.15, 0.2) is 58.1 Å². The second kappa shape index (κ2) is 7.52. The number of ether oxygens (including phenoxy) is 1. The minimum absolute atomic E-state index is 0.0562. The first-order valence-electron chi connectivity index (χ1n) is 7.91. The Labute approximate surface area is 152 Å². The number of methoxy groups -OCH3 is 1. The number of aromatic nitrogens is 2. The third-order valence-electron chi connectivity index (χ3n) is 3.83. The quantitative estimate of drug-likeness (QED) is 0.520. The lowest BCUT2D eigenvalue weighted by Gasteiger charge is -1.99. The van der Waals surface area contributed by atoms with Gasteiger partial charge in [-0.3, -0.25) is 19.7 Å². The molecule has 0 saturated heterocycles. The van der Waals surface area contributed by atoms with Crippen LogP contribution in [-0.4, -0.2) is 22.0 Å². The van der Waals surface area contributed by atoms with E-state index in [2.05, 4.69) is 9.97 Å². The van der Waals surface area contributed by atoms with Gasteiger partial charge in [0.2, 0.25) is 0 Å². The van der Waals surface area contributed by atoms with Crippen LogP contribution in [-0.2, 0) is 0 Å². The molecule has 0 aliphatic rings. The highest BCUT2D eigenvalue weighted by atomic mass is 16.6. The average Bonchev–Trinajstić information content (AvgIpc) is 2.67. The van der Waals surface area contributed by atoms with E-state index in [0.717, 1.165) is 5.56 Å². The van der Waals surface area contributed by atoms with Crippen LogP contribution < -0.4 is 26.6 Å². The Bertz CT molecular complexity index is 1210. The van der Waals surface area contributed by atoms with Gasteiger partial charge in [-0.2, -0.15) is 0 Å². The standard InChI is InChI=1S/C19H15N3O5/c1-27-15-8-4-13(5-9-15)11-17-19(24)20-16(18(23)21-17)10-12-2-6-14(7-3-12)22(25)26/h2-11H,1H3,(H,20,24)(H,21,23)/b16-10-,17-11+. The molecule has 2 N–H and O–H groups in total. The zero-order chi connectivity index (χ0) is 19.4. The van der Waals surface area contributed by atoms with Gasteiger partial charge in [0.15, 0.2) is 0 Å². The van der Waals surface area contributed by atoms with Gasteiger partial charge in [-0.25, -0.2) is 0 Å². The third-order valence-corrected chi connectivity index (χ3v) is 3.83. The summed E-state index contributed by atoms with van der Waals surface area (Å²) in [7, 11) is 1.56. The molecule has 0 bridgehead atoms. The van der Waals surface area contributed by atoms with Gasteiger partial charge in [-0.05, 0) is 47.5 Å². The van der Waals surface area contributed by atoms with E-state index in [1.165, 1.54) is 30.3 Å². The van der Waals surface area contributed by atoms with E-state index in [-0.39, 0.29) is 16.4 Å². The lowest BCUT2D eigenvalue weighted by atomic mass is 10.2. The Morgan fingerprint density at radius 2 is 1.30 bits per heavy atom. The minimum atomic E-state index is -0.512. The van der Waals surface area contributed by atoms with Gasteiger partial charge in [0.05, 0.1) is 12.0 Å². The molecule has 136 valence electrons. The van der Waals surface area contributed by atoms with Crippen LogP contribution in [0.1, 0.15) is 11.1 Å². The molecule has 3 aromatic rings. The van der Waals surface area contributed by atoms with Crippen LogP contribution in [0.3, 0.4) is 0 Å². The van der Waals surface area contributed by atoms with Crippen molar-refractivity contribution in [2.24, 2.45) is 0 Å². The average molecular weight is 365 g/mol. The van der Waals surface area contributed by atoms with Crippen LogP contribution >= 0.6 is 0 Å². The number of non-ortho nitro benzene ring substituents is 1. The molecule has 0 saturated carbocycles. The number of H-pyrrole nitrogens is 2. The number of benzene rings is 2. The molecule has 0 amide bonds. The largest absolute Gasteiger partial charge is 0.497 e. The molecule has 0 aliphatic heterocycles. The number of aromatic amines is 2. The van der Waals surface area contributed by atoms with E-state index in [0.29, 0.717) is 11.3 Å². The fourth-order valence-corrected chi connectivity index (χ4v) is 2.42. The van der Waals surface area contributed by atoms with Gasteiger partial charge in [0, 0.05) is 12.1 Å². The lowest BCUT2D eigenvalue weighted by Crippen LogP contribution is -2.46. The van der Waals surface area contributed by atoms with Crippen molar-refractivity contribution in [3.8, 4) is 5.75 Å². The normalized spacial score (nSPS) is 12.2. The van der Waals surface area contributed by atoms with Gasteiger partial charge in [-0.1, -0.05) is 12.1 Å². The molecule has 0 radical (unpaired) electrons. The van der Waals surface area contributed by atoms with Gasteiger partial charge in [0.25, 0.3) is 16.8 Å². The Morgan fingerprint density at radius 1 is 0.852 bits per heavy atom. The molecule has 1 aromatic heterocycles. The lowest BCUT2D eigenvalue weighted by molar-refractivity contribution is -0.384. The Morgan fingerprint density at radius 3 is 1.70 bits per heavy atom. The number of hydrogen-bond acceptors (Lipinski definition) is 5. The minimum Gasteiger partial charge on any atom is -0.497 e. The summed E-state index contributed by atoms with van der Waals surface area (Å²) in [6, 6.07) is 12.6. The first kappa shape index (κ1) is 17.9. The number of nitrogens with one attached hydrogen (secondary N) is 2. The molecule has 8 heteroatoms. The van der Waals surface area contributed by atoms with E-state index in [1.807, 2.05) is 0 Å². The van der Waals surface area contributed by atoms with E-state index < -0.39 is 16.0 Å². The van der Waals surface area contributed by atoms with Crippen LogP contribution in [0.2, 0.25) is 0 Å². The predicted molar refractivity (Wildman–Crippen MR) is 100 cm³/mol. The fraction of sp³-hybridized carbons (Fsp3) is 0.0526. The number of hydrogen-bond donors (Lipinski definition) is 2. The van der Waals surface area contributed by atoms with E-state index in [4.69, 9.17) is 4.74 Å². The first-order chi connectivity index (χ1) is 13.0. The molecule has 0 atom stereocenters. The van der Waals surface area contributed by atoms with Crippen LogP contribution in [0.5, 0.6) is 5.75 Å². The van der Waals surface area contributed by atoms with E-state index in [1.54, 1.807) is 37.5 Å². The van der Waals surface area contributed by atoms with Crippen molar-refractivity contribution in [3.05, 3.63) is 101 Å². The molecule has 8 nitrogen and oxygen atoms in total. The molecule has 0 spiro atoms. The molecule has 3 rings (SSSR count). The molecule has 0 unspecified atom stereocenters. The topological polar surface area (TPSA) is 118 Å². The van der Waals surface area contributed by atoms with E-state index >= 15 is 0 Å². The first-order valence-corrected chi connectivity index (χ1v) is 7.91. The summed E-state index contributed by atoms with van der Waals surface area (Å²) < 4.78 is 5.07. The van der Waals surface area contributed by atoms with Crippen molar-refractivity contribution in [1.29, 1.82) is 0 Å². The summed E-state index contributed by atoms with van der Waals surface area (Å²) in [5.74, 6) is 0.683. The Kier molecular flexibility index (Phi) is 4.98. The Balaban J connectivity index is 2.01. The zero-order valence-corrected chi connectivity index (χ0v) is 14.3. The van der Waals surface area contributed by atoms with Crippen LogP contribution in [0, 0.1) is 10.1 Å². The highest BCUT2D eigenvalue weighted by molar-refractivity contribution is 5.51. The van der Waals surface area contributed by atoms with Crippen molar-refractivity contribution >= 4 is 17.8 Å². The predicted octanol–water partition coefficient (Wildman–Crippen LogP) is 0.638. The van der Waals surface area contributed by atoms with Crippen molar-refractivity contribution in [3.63, 3.8) is 0 Å². The molecule has 0 fully saturated rings. The fourth-order valence-electron chi connectivity index (χ4n) is 2.42. The molecular formula is C19H15N3O5. The number of nitro benzene ring substituents is 1. The van der Waals surface area contributed by atoms with Crippen molar-refractivity contribution in [1.82, 2.24) is 9.97 Å². The van der Waals surface area contributed by atoms with Crippen molar-refractivity contribution < 1.29 is 9.66 Å². The monoisotopic (exact) mass is 365 g/mol. The second-order valence-electron chi connectivity index (χ2n) is 5.65. The summed E-state index contributed by atoms with van der Waals surface area (Å²) in [6.07, 6.45) is 3.00. The summed E-state index contributed by atoms with van der Waals surface area (Å²) in [5.41, 5.74) is 0.281. The SMILES string of the molecule is COc1ccc(/C=c2/[nH]c(=O)/c(=C/c3ccc([N+](=O)[O-])cc3)[nH]c2=O)cc1. The summed E-state index contributed by atoms with van der Waals surface area (Å²) in [4.78, 5) is 39.8. The number of nitrogens with zero attached hydrogens (tertiary/aromatic N) is 1. The van der Waals surface area contributed by atoms with Crippen LogP contribution in [0.4, 0.5) is 5.69 Å². The summed E-state index contributed by atoms with van der Waals surface area (Å²) in [6.45, 7) is 0. The smallest absolute Gasteiger partial charge is 0.272 e. The molecule has 0 aliphatic carbocycles.